The second-order valence-corrected chi connectivity index (χ2v) is 4.87. The molecule has 0 saturated carbocycles. The Labute approximate surface area is 106 Å². The Morgan fingerprint density at radius 1 is 1.06 bits per heavy atom. The van der Waals surface area contributed by atoms with Crippen LogP contribution in [-0.2, 0) is 6.42 Å². The average molecular weight is 245 g/mol. The maximum Gasteiger partial charge on any atom is 0.120 e. The van der Waals surface area contributed by atoms with E-state index in [4.69, 9.17) is 11.6 Å². The van der Waals surface area contributed by atoms with E-state index in [1.807, 2.05) is 12.1 Å². The molecule has 0 fully saturated rings. The average Bonchev–Trinajstić information content (AvgIpc) is 2.73. The van der Waals surface area contributed by atoms with Crippen molar-refractivity contribution in [1.82, 2.24) is 0 Å². The van der Waals surface area contributed by atoms with E-state index in [0.717, 1.165) is 18.4 Å². The van der Waals surface area contributed by atoms with E-state index in [1.165, 1.54) is 11.1 Å². The number of phenolic OH excluding ortho intramolecular Hbond substituents is 1. The van der Waals surface area contributed by atoms with E-state index in [1.54, 1.807) is 12.1 Å². The highest BCUT2D eigenvalue weighted by Gasteiger charge is 2.27. The summed E-state index contributed by atoms with van der Waals surface area (Å²) in [7, 11) is 0. The quantitative estimate of drug-likeness (QED) is 0.800. The first-order valence-corrected chi connectivity index (χ1v) is 6.20. The first kappa shape index (κ1) is 10.7. The number of benzene rings is 2. The minimum Gasteiger partial charge on any atom is -0.508 e. The number of halogens is 1. The molecule has 0 aliphatic heterocycles. The second kappa shape index (κ2) is 4.08. The molecule has 1 aliphatic carbocycles. The van der Waals surface area contributed by atoms with Crippen LogP contribution in [0.25, 0.3) is 0 Å². The van der Waals surface area contributed by atoms with Crippen molar-refractivity contribution in [2.45, 2.75) is 18.8 Å². The second-order valence-electron chi connectivity index (χ2n) is 4.46. The van der Waals surface area contributed by atoms with Crippen LogP contribution in [0.4, 0.5) is 0 Å². The van der Waals surface area contributed by atoms with Gasteiger partial charge in [0.05, 0.1) is 0 Å². The lowest BCUT2D eigenvalue weighted by Gasteiger charge is -2.15. The van der Waals surface area contributed by atoms with Gasteiger partial charge in [0.1, 0.15) is 5.75 Å². The third-order valence-corrected chi connectivity index (χ3v) is 3.84. The molecule has 0 spiro atoms. The van der Waals surface area contributed by atoms with Crippen LogP contribution < -0.4 is 0 Å². The predicted molar refractivity (Wildman–Crippen MR) is 69.7 cm³/mol. The lowest BCUT2D eigenvalue weighted by atomic mass is 9.92. The van der Waals surface area contributed by atoms with Crippen LogP contribution in [0.1, 0.15) is 29.0 Å². The number of phenols is 1. The Bertz CT molecular complexity index is 542. The van der Waals surface area contributed by atoms with Gasteiger partial charge >= 0.3 is 0 Å². The number of rotatable bonds is 1. The molecule has 3 rings (SSSR count). The third kappa shape index (κ3) is 1.71. The molecule has 1 N–H and O–H groups in total. The largest absolute Gasteiger partial charge is 0.508 e. The Morgan fingerprint density at radius 3 is 2.71 bits per heavy atom. The Balaban J connectivity index is 2.13. The van der Waals surface area contributed by atoms with Crippen molar-refractivity contribution >= 4 is 11.6 Å². The van der Waals surface area contributed by atoms with E-state index in [-0.39, 0.29) is 5.92 Å². The molecule has 86 valence electrons. The van der Waals surface area contributed by atoms with Gasteiger partial charge in [-0.05, 0) is 36.1 Å². The molecule has 0 bridgehead atoms. The summed E-state index contributed by atoms with van der Waals surface area (Å²) < 4.78 is 0. The van der Waals surface area contributed by atoms with Gasteiger partial charge in [-0.3, -0.25) is 0 Å². The van der Waals surface area contributed by atoms with Crippen molar-refractivity contribution in [3.63, 3.8) is 0 Å². The van der Waals surface area contributed by atoms with Gasteiger partial charge in [0.2, 0.25) is 0 Å². The van der Waals surface area contributed by atoms with Gasteiger partial charge in [0.25, 0.3) is 0 Å². The van der Waals surface area contributed by atoms with E-state index in [0.29, 0.717) is 10.8 Å². The first-order valence-electron chi connectivity index (χ1n) is 5.82. The summed E-state index contributed by atoms with van der Waals surface area (Å²) in [5.74, 6) is 0.541. The third-order valence-electron chi connectivity index (χ3n) is 3.51. The van der Waals surface area contributed by atoms with Crippen LogP contribution >= 0.6 is 11.6 Å². The molecular formula is C15H13ClO. The summed E-state index contributed by atoms with van der Waals surface area (Å²) in [6.45, 7) is 0. The number of fused-ring (bicyclic) bond motifs is 1. The van der Waals surface area contributed by atoms with Gasteiger partial charge in [-0.2, -0.15) is 0 Å². The minimum atomic E-state index is 0.236. The Morgan fingerprint density at radius 2 is 1.88 bits per heavy atom. The van der Waals surface area contributed by atoms with Crippen molar-refractivity contribution in [3.8, 4) is 5.75 Å². The van der Waals surface area contributed by atoms with Crippen molar-refractivity contribution in [2.24, 2.45) is 0 Å². The van der Waals surface area contributed by atoms with Crippen LogP contribution in [0.15, 0.2) is 42.5 Å². The zero-order valence-corrected chi connectivity index (χ0v) is 10.1. The zero-order chi connectivity index (χ0) is 11.8. The molecule has 2 aromatic rings. The van der Waals surface area contributed by atoms with Crippen LogP contribution in [0.5, 0.6) is 5.75 Å². The summed E-state index contributed by atoms with van der Waals surface area (Å²) in [5, 5.41) is 10.7. The molecule has 1 aliphatic rings. The minimum absolute atomic E-state index is 0.236. The molecule has 0 amide bonds. The molecule has 0 aromatic heterocycles. The van der Waals surface area contributed by atoms with Crippen LogP contribution in [0.2, 0.25) is 5.02 Å². The molecule has 1 atom stereocenters. The van der Waals surface area contributed by atoms with Gasteiger partial charge in [-0.25, -0.2) is 0 Å². The highest BCUT2D eigenvalue weighted by Crippen LogP contribution is 2.44. The molecule has 2 heteroatoms. The normalized spacial score (nSPS) is 18.1. The standard InChI is InChI=1S/C15H13ClO/c16-13-6-3-7-14(17)15(13)12-9-8-10-4-1-2-5-11(10)12/h1-7,12,17H,8-9H2. The molecule has 17 heavy (non-hydrogen) atoms. The van der Waals surface area contributed by atoms with Gasteiger partial charge in [-0.1, -0.05) is 41.9 Å². The molecule has 0 saturated heterocycles. The molecule has 0 heterocycles. The van der Waals surface area contributed by atoms with Gasteiger partial charge in [0.15, 0.2) is 0 Å². The smallest absolute Gasteiger partial charge is 0.120 e. The van der Waals surface area contributed by atoms with Crippen LogP contribution in [0, 0.1) is 0 Å². The van der Waals surface area contributed by atoms with E-state index >= 15 is 0 Å². The van der Waals surface area contributed by atoms with Gasteiger partial charge in [-0.15, -0.1) is 0 Å². The van der Waals surface area contributed by atoms with E-state index in [9.17, 15) is 5.11 Å². The SMILES string of the molecule is Oc1cccc(Cl)c1C1CCc2ccccc21. The van der Waals surface area contributed by atoms with Crippen molar-refractivity contribution in [1.29, 1.82) is 0 Å². The number of hydrogen-bond acceptors (Lipinski definition) is 1. The summed E-state index contributed by atoms with van der Waals surface area (Å²) in [4.78, 5) is 0. The fraction of sp³-hybridized carbons (Fsp3) is 0.200. The Kier molecular flexibility index (Phi) is 2.56. The molecule has 0 radical (unpaired) electrons. The summed E-state index contributed by atoms with van der Waals surface area (Å²) in [5.41, 5.74) is 3.55. The molecule has 2 aromatic carbocycles. The summed E-state index contributed by atoms with van der Waals surface area (Å²) in [6.07, 6.45) is 2.09. The number of aromatic hydroxyl groups is 1. The van der Waals surface area contributed by atoms with Crippen LogP contribution in [0.3, 0.4) is 0 Å². The topological polar surface area (TPSA) is 20.2 Å². The maximum atomic E-state index is 9.99. The fourth-order valence-electron chi connectivity index (χ4n) is 2.73. The van der Waals surface area contributed by atoms with Crippen LogP contribution in [-0.4, -0.2) is 5.11 Å². The Hall–Kier alpha value is -1.47. The summed E-state index contributed by atoms with van der Waals surface area (Å²) in [6, 6.07) is 13.7. The monoisotopic (exact) mass is 244 g/mol. The van der Waals surface area contributed by atoms with E-state index in [2.05, 4.69) is 18.2 Å². The molecular weight excluding hydrogens is 232 g/mol. The maximum absolute atomic E-state index is 9.99. The molecule has 1 nitrogen and oxygen atoms in total. The molecule has 1 unspecified atom stereocenters. The lowest BCUT2D eigenvalue weighted by molar-refractivity contribution is 0.464. The van der Waals surface area contributed by atoms with E-state index < -0.39 is 0 Å². The number of hydrogen-bond donors (Lipinski definition) is 1. The lowest BCUT2D eigenvalue weighted by Crippen LogP contribution is -1.97. The number of aryl methyl sites for hydroxylation is 1. The van der Waals surface area contributed by atoms with Crippen molar-refractivity contribution in [2.75, 3.05) is 0 Å². The summed E-state index contributed by atoms with van der Waals surface area (Å²) >= 11 is 6.22. The van der Waals surface area contributed by atoms with Gasteiger partial charge < -0.3 is 5.11 Å². The first-order chi connectivity index (χ1) is 8.27. The van der Waals surface area contributed by atoms with Crippen molar-refractivity contribution < 1.29 is 5.11 Å². The van der Waals surface area contributed by atoms with Gasteiger partial charge in [0, 0.05) is 16.5 Å². The highest BCUT2D eigenvalue weighted by atomic mass is 35.5. The van der Waals surface area contributed by atoms with Crippen molar-refractivity contribution in [3.05, 3.63) is 64.2 Å². The predicted octanol–water partition coefficient (Wildman–Crippen LogP) is 4.12. The zero-order valence-electron chi connectivity index (χ0n) is 9.36. The highest BCUT2D eigenvalue weighted by molar-refractivity contribution is 6.31. The fourth-order valence-corrected chi connectivity index (χ4v) is 3.03.